The van der Waals surface area contributed by atoms with Crippen LogP contribution in [0.25, 0.3) is 11.4 Å². The molecule has 0 aliphatic rings. The van der Waals surface area contributed by atoms with Gasteiger partial charge in [-0.15, -0.1) is 0 Å². The minimum absolute atomic E-state index is 0.356. The Kier molecular flexibility index (Phi) is 5.79. The summed E-state index contributed by atoms with van der Waals surface area (Å²) in [4.78, 5) is 16.0. The Hall–Kier alpha value is -2.30. The summed E-state index contributed by atoms with van der Waals surface area (Å²) >= 11 is 0. The fourth-order valence-electron chi connectivity index (χ4n) is 2.25. The van der Waals surface area contributed by atoms with Gasteiger partial charge in [0, 0.05) is 31.0 Å². The number of carbonyl (C=O) groups excluding carboxylic acids is 1. The molecule has 0 unspecified atom stereocenters. The van der Waals surface area contributed by atoms with E-state index in [9.17, 15) is 4.79 Å². The first-order chi connectivity index (χ1) is 11.0. The molecule has 0 radical (unpaired) electrons. The van der Waals surface area contributed by atoms with Crippen molar-refractivity contribution < 1.29 is 9.53 Å². The normalized spacial score (nSPS) is 11.3. The number of carbonyl (C=O) groups is 1. The van der Waals surface area contributed by atoms with Crippen LogP contribution in [0, 0.1) is 0 Å². The second-order valence-corrected chi connectivity index (χ2v) is 6.45. The summed E-state index contributed by atoms with van der Waals surface area (Å²) < 4.78 is 7.34. The van der Waals surface area contributed by atoms with E-state index < -0.39 is 5.60 Å². The molecule has 0 saturated carbocycles. The number of nitrogens with one attached hydrogen (secondary N) is 1. The minimum atomic E-state index is -0.453. The van der Waals surface area contributed by atoms with Crippen molar-refractivity contribution in [3.63, 3.8) is 0 Å². The van der Waals surface area contributed by atoms with Crippen molar-refractivity contribution in [1.82, 2.24) is 14.9 Å². The maximum atomic E-state index is 11.5. The van der Waals surface area contributed by atoms with Gasteiger partial charge >= 0.3 is 6.09 Å². The maximum Gasteiger partial charge on any atom is 0.407 e. The van der Waals surface area contributed by atoms with Crippen LogP contribution in [0.2, 0.25) is 0 Å². The number of hydrogen-bond donors (Lipinski definition) is 1. The van der Waals surface area contributed by atoms with Gasteiger partial charge in [-0.25, -0.2) is 9.78 Å². The number of rotatable bonds is 6. The van der Waals surface area contributed by atoms with E-state index in [1.54, 1.807) is 0 Å². The molecule has 1 aromatic carbocycles. The predicted octanol–water partition coefficient (Wildman–Crippen LogP) is 3.86. The van der Waals surface area contributed by atoms with Crippen molar-refractivity contribution in [2.24, 2.45) is 0 Å². The summed E-state index contributed by atoms with van der Waals surface area (Å²) in [6.07, 6.45) is 5.31. The Morgan fingerprint density at radius 2 is 1.96 bits per heavy atom. The Morgan fingerprint density at radius 3 is 2.65 bits per heavy atom. The summed E-state index contributed by atoms with van der Waals surface area (Å²) in [6.45, 7) is 7.06. The van der Waals surface area contributed by atoms with Crippen LogP contribution in [0.15, 0.2) is 42.7 Å². The lowest BCUT2D eigenvalue weighted by Crippen LogP contribution is -2.33. The van der Waals surface area contributed by atoms with Gasteiger partial charge in [0.05, 0.1) is 0 Å². The Bertz CT molecular complexity index is 615. The van der Waals surface area contributed by atoms with E-state index in [-0.39, 0.29) is 6.09 Å². The largest absolute Gasteiger partial charge is 0.444 e. The lowest BCUT2D eigenvalue weighted by Gasteiger charge is -2.19. The van der Waals surface area contributed by atoms with Gasteiger partial charge in [-0.3, -0.25) is 0 Å². The summed E-state index contributed by atoms with van der Waals surface area (Å²) in [7, 11) is 0. The molecule has 124 valence electrons. The zero-order valence-corrected chi connectivity index (χ0v) is 14.1. The maximum absolute atomic E-state index is 11.5. The van der Waals surface area contributed by atoms with Crippen LogP contribution in [0.1, 0.15) is 33.6 Å². The topological polar surface area (TPSA) is 56.1 Å². The molecule has 0 saturated heterocycles. The Labute approximate surface area is 137 Å². The number of imidazole rings is 1. The number of aromatic nitrogens is 2. The number of hydrogen-bond acceptors (Lipinski definition) is 3. The Balaban J connectivity index is 1.74. The van der Waals surface area contributed by atoms with Gasteiger partial charge in [0.2, 0.25) is 0 Å². The van der Waals surface area contributed by atoms with E-state index in [1.165, 1.54) is 0 Å². The zero-order chi connectivity index (χ0) is 16.7. The number of alkyl carbamates (subject to hydrolysis) is 1. The second-order valence-electron chi connectivity index (χ2n) is 6.45. The van der Waals surface area contributed by atoms with E-state index in [0.29, 0.717) is 6.54 Å². The van der Waals surface area contributed by atoms with Gasteiger partial charge in [-0.05, 0) is 33.6 Å². The van der Waals surface area contributed by atoms with Gasteiger partial charge in [0.1, 0.15) is 11.4 Å². The first-order valence-electron chi connectivity index (χ1n) is 7.99. The number of aryl methyl sites for hydroxylation is 1. The van der Waals surface area contributed by atoms with Gasteiger partial charge in [0.25, 0.3) is 0 Å². The average Bonchev–Trinajstić information content (AvgIpc) is 2.94. The molecule has 0 atom stereocenters. The van der Waals surface area contributed by atoms with Crippen LogP contribution in [-0.4, -0.2) is 27.8 Å². The summed E-state index contributed by atoms with van der Waals surface area (Å²) in [5.74, 6) is 0.978. The second kappa shape index (κ2) is 7.81. The van der Waals surface area contributed by atoms with E-state index in [1.807, 2.05) is 51.4 Å². The van der Waals surface area contributed by atoms with Crippen molar-refractivity contribution >= 4 is 6.09 Å². The highest BCUT2D eigenvalue weighted by atomic mass is 16.6. The SMILES string of the molecule is CC(C)(C)OC(=O)NCCCCn1ccnc1-c1ccccc1. The van der Waals surface area contributed by atoms with E-state index in [4.69, 9.17) is 4.74 Å². The third kappa shape index (κ3) is 5.77. The molecular weight excluding hydrogens is 290 g/mol. The molecule has 0 aliphatic heterocycles. The molecule has 5 nitrogen and oxygen atoms in total. The van der Waals surface area contributed by atoms with Gasteiger partial charge in [-0.1, -0.05) is 30.3 Å². The lowest BCUT2D eigenvalue weighted by molar-refractivity contribution is 0.0527. The van der Waals surface area contributed by atoms with E-state index in [2.05, 4.69) is 27.0 Å². The molecule has 1 N–H and O–H groups in total. The summed E-state index contributed by atoms with van der Waals surface area (Å²) in [5, 5.41) is 2.78. The monoisotopic (exact) mass is 315 g/mol. The van der Waals surface area contributed by atoms with Crippen LogP contribution in [-0.2, 0) is 11.3 Å². The van der Waals surface area contributed by atoms with Crippen LogP contribution < -0.4 is 5.32 Å². The summed E-state index contributed by atoms with van der Waals surface area (Å²) in [5.41, 5.74) is 0.662. The molecule has 5 heteroatoms. The number of unbranched alkanes of at least 4 members (excludes halogenated alkanes) is 1. The molecule has 0 aliphatic carbocycles. The average molecular weight is 315 g/mol. The van der Waals surface area contributed by atoms with Crippen LogP contribution in [0.5, 0.6) is 0 Å². The van der Waals surface area contributed by atoms with Crippen molar-refractivity contribution in [3.05, 3.63) is 42.7 Å². The molecule has 0 spiro atoms. The fraction of sp³-hybridized carbons (Fsp3) is 0.444. The highest BCUT2D eigenvalue weighted by molar-refractivity contribution is 5.67. The third-order valence-corrected chi connectivity index (χ3v) is 3.24. The van der Waals surface area contributed by atoms with Gasteiger partial charge in [0.15, 0.2) is 0 Å². The van der Waals surface area contributed by atoms with Crippen LogP contribution in [0.4, 0.5) is 4.79 Å². The van der Waals surface area contributed by atoms with Crippen molar-refractivity contribution in [1.29, 1.82) is 0 Å². The quantitative estimate of drug-likeness (QED) is 0.824. The molecule has 0 fully saturated rings. The third-order valence-electron chi connectivity index (χ3n) is 3.24. The molecule has 2 aromatic rings. The predicted molar refractivity (Wildman–Crippen MR) is 91.1 cm³/mol. The van der Waals surface area contributed by atoms with Crippen molar-refractivity contribution in [2.45, 2.75) is 45.8 Å². The highest BCUT2D eigenvalue weighted by Crippen LogP contribution is 2.17. The van der Waals surface area contributed by atoms with Gasteiger partial charge in [-0.2, -0.15) is 0 Å². The molecule has 1 aromatic heterocycles. The van der Waals surface area contributed by atoms with Crippen LogP contribution in [0.3, 0.4) is 0 Å². The van der Waals surface area contributed by atoms with Crippen molar-refractivity contribution in [3.8, 4) is 11.4 Å². The molecule has 23 heavy (non-hydrogen) atoms. The van der Waals surface area contributed by atoms with Gasteiger partial charge < -0.3 is 14.6 Å². The van der Waals surface area contributed by atoms with Crippen LogP contribution >= 0.6 is 0 Å². The smallest absolute Gasteiger partial charge is 0.407 e. The highest BCUT2D eigenvalue weighted by Gasteiger charge is 2.15. The minimum Gasteiger partial charge on any atom is -0.444 e. The first kappa shape index (κ1) is 17.1. The molecular formula is C18H25N3O2. The number of nitrogens with zero attached hydrogens (tertiary/aromatic N) is 2. The molecule has 1 amide bonds. The van der Waals surface area contributed by atoms with E-state index in [0.717, 1.165) is 30.8 Å². The zero-order valence-electron chi connectivity index (χ0n) is 14.1. The van der Waals surface area contributed by atoms with E-state index >= 15 is 0 Å². The number of benzene rings is 1. The standard InChI is InChI=1S/C18H25N3O2/c1-18(2,3)23-17(22)20-11-7-8-13-21-14-12-19-16(21)15-9-5-4-6-10-15/h4-6,9-10,12,14H,7-8,11,13H2,1-3H3,(H,20,22). The molecule has 0 bridgehead atoms. The number of ether oxygens (including phenoxy) is 1. The Morgan fingerprint density at radius 1 is 1.22 bits per heavy atom. The van der Waals surface area contributed by atoms with Crippen molar-refractivity contribution in [2.75, 3.05) is 6.54 Å². The molecule has 1 heterocycles. The molecule has 2 rings (SSSR count). The fourth-order valence-corrected chi connectivity index (χ4v) is 2.25. The number of amides is 1. The lowest BCUT2D eigenvalue weighted by atomic mass is 10.2. The summed E-state index contributed by atoms with van der Waals surface area (Å²) in [6, 6.07) is 10.1. The first-order valence-corrected chi connectivity index (χ1v) is 7.99.